The molecule has 0 saturated heterocycles. The van der Waals surface area contributed by atoms with E-state index in [0.29, 0.717) is 0 Å². The molecule has 0 spiro atoms. The lowest BCUT2D eigenvalue weighted by Gasteiger charge is -2.24. The highest BCUT2D eigenvalue weighted by Crippen LogP contribution is 2.48. The SMILES string of the molecule is CCc1ccccc1NC(=O)[C@@H]1[C@@H](C(=O)O)[C@H]2C=C[C@@H]1C2. The first-order valence-electron chi connectivity index (χ1n) is 7.41. The maximum absolute atomic E-state index is 12.6. The lowest BCUT2D eigenvalue weighted by molar-refractivity contribution is -0.146. The molecule has 4 heteroatoms. The molecule has 0 aromatic heterocycles. The second-order valence-electron chi connectivity index (χ2n) is 5.84. The molecule has 4 nitrogen and oxygen atoms in total. The molecule has 21 heavy (non-hydrogen) atoms. The fraction of sp³-hybridized carbons (Fsp3) is 0.412. The quantitative estimate of drug-likeness (QED) is 0.836. The van der Waals surface area contributed by atoms with Crippen LogP contribution >= 0.6 is 0 Å². The van der Waals surface area contributed by atoms with Gasteiger partial charge in [0.25, 0.3) is 0 Å². The first kappa shape index (κ1) is 13.9. The van der Waals surface area contributed by atoms with E-state index in [4.69, 9.17) is 0 Å². The number of carbonyl (C=O) groups excluding carboxylic acids is 1. The van der Waals surface area contributed by atoms with Crippen LogP contribution in [-0.2, 0) is 16.0 Å². The standard InChI is InChI=1S/C17H19NO3/c1-2-10-5-3-4-6-13(10)18-16(19)14-11-7-8-12(9-11)15(14)17(20)21/h3-8,11-12,14-15H,2,9H2,1H3,(H,18,19)(H,20,21)/t11-,12+,14+,15+/m1/s1. The topological polar surface area (TPSA) is 66.4 Å². The van der Waals surface area contributed by atoms with Gasteiger partial charge in [-0.25, -0.2) is 0 Å². The van der Waals surface area contributed by atoms with Gasteiger partial charge in [0, 0.05) is 5.69 Å². The van der Waals surface area contributed by atoms with Gasteiger partial charge in [0.05, 0.1) is 11.8 Å². The van der Waals surface area contributed by atoms with Crippen molar-refractivity contribution in [3.63, 3.8) is 0 Å². The number of amides is 1. The van der Waals surface area contributed by atoms with Gasteiger partial charge in [-0.2, -0.15) is 0 Å². The number of aliphatic carboxylic acids is 1. The van der Waals surface area contributed by atoms with Crippen molar-refractivity contribution in [2.24, 2.45) is 23.7 Å². The third-order valence-electron chi connectivity index (χ3n) is 4.70. The van der Waals surface area contributed by atoms with E-state index < -0.39 is 17.8 Å². The van der Waals surface area contributed by atoms with Crippen LogP contribution in [0.4, 0.5) is 5.69 Å². The average Bonchev–Trinajstić information content (AvgIpc) is 3.08. The number of fused-ring (bicyclic) bond motifs is 2. The highest BCUT2D eigenvalue weighted by molar-refractivity contribution is 5.96. The number of carboxylic acid groups (broad SMARTS) is 1. The molecular weight excluding hydrogens is 266 g/mol. The summed E-state index contributed by atoms with van der Waals surface area (Å²) in [5, 5.41) is 12.3. The average molecular weight is 285 g/mol. The minimum atomic E-state index is -0.865. The molecular formula is C17H19NO3. The summed E-state index contributed by atoms with van der Waals surface area (Å²) in [6.45, 7) is 2.03. The number of anilines is 1. The van der Waals surface area contributed by atoms with Crippen LogP contribution < -0.4 is 5.32 Å². The van der Waals surface area contributed by atoms with Crippen molar-refractivity contribution in [2.45, 2.75) is 19.8 Å². The summed E-state index contributed by atoms with van der Waals surface area (Å²) < 4.78 is 0. The van der Waals surface area contributed by atoms with Crippen molar-refractivity contribution in [1.82, 2.24) is 0 Å². The molecule has 2 N–H and O–H groups in total. The van der Waals surface area contributed by atoms with Crippen LogP contribution in [0.15, 0.2) is 36.4 Å². The normalized spacial score (nSPS) is 29.6. The Kier molecular flexibility index (Phi) is 3.53. The van der Waals surface area contributed by atoms with E-state index in [2.05, 4.69) is 5.32 Å². The van der Waals surface area contributed by atoms with Gasteiger partial charge in [-0.3, -0.25) is 9.59 Å². The van der Waals surface area contributed by atoms with Crippen molar-refractivity contribution in [3.05, 3.63) is 42.0 Å². The monoisotopic (exact) mass is 285 g/mol. The summed E-state index contributed by atoms with van der Waals surface area (Å²) >= 11 is 0. The minimum Gasteiger partial charge on any atom is -0.481 e. The summed E-state index contributed by atoms with van der Waals surface area (Å²) in [5.41, 5.74) is 1.86. The number of aryl methyl sites for hydroxylation is 1. The molecule has 2 aliphatic carbocycles. The third kappa shape index (κ3) is 2.35. The molecule has 2 bridgehead atoms. The maximum atomic E-state index is 12.6. The van der Waals surface area contributed by atoms with Crippen molar-refractivity contribution in [1.29, 1.82) is 0 Å². The number of hydrogen-bond donors (Lipinski definition) is 2. The summed E-state index contributed by atoms with van der Waals surface area (Å²) in [5.74, 6) is -2.01. The fourth-order valence-electron chi connectivity index (χ4n) is 3.68. The lowest BCUT2D eigenvalue weighted by Crippen LogP contribution is -2.36. The van der Waals surface area contributed by atoms with Crippen LogP contribution in [0.1, 0.15) is 18.9 Å². The Morgan fingerprint density at radius 2 is 1.86 bits per heavy atom. The van der Waals surface area contributed by atoms with Gasteiger partial charge in [0.2, 0.25) is 5.91 Å². The van der Waals surface area contributed by atoms with Crippen molar-refractivity contribution >= 4 is 17.6 Å². The highest BCUT2D eigenvalue weighted by Gasteiger charge is 2.51. The van der Waals surface area contributed by atoms with Crippen molar-refractivity contribution < 1.29 is 14.7 Å². The summed E-state index contributed by atoms with van der Waals surface area (Å²) in [6, 6.07) is 7.67. The van der Waals surface area contributed by atoms with Crippen LogP contribution in [0.3, 0.4) is 0 Å². The number of nitrogens with one attached hydrogen (secondary N) is 1. The van der Waals surface area contributed by atoms with Crippen LogP contribution in [0.2, 0.25) is 0 Å². The Labute approximate surface area is 123 Å². The Hall–Kier alpha value is -2.10. The van der Waals surface area contributed by atoms with E-state index in [9.17, 15) is 14.7 Å². The second kappa shape index (κ2) is 5.35. The zero-order valence-corrected chi connectivity index (χ0v) is 12.0. The van der Waals surface area contributed by atoms with E-state index in [0.717, 1.165) is 24.1 Å². The number of allylic oxidation sites excluding steroid dienone is 2. The van der Waals surface area contributed by atoms with Gasteiger partial charge < -0.3 is 10.4 Å². The van der Waals surface area contributed by atoms with Gasteiger partial charge in [-0.15, -0.1) is 0 Å². The van der Waals surface area contributed by atoms with Crippen LogP contribution in [-0.4, -0.2) is 17.0 Å². The highest BCUT2D eigenvalue weighted by atomic mass is 16.4. The van der Waals surface area contributed by atoms with Gasteiger partial charge in [-0.1, -0.05) is 37.3 Å². The summed E-state index contributed by atoms with van der Waals surface area (Å²) in [6.07, 6.45) is 5.56. The van der Waals surface area contributed by atoms with Gasteiger partial charge in [0.15, 0.2) is 0 Å². The number of carboxylic acids is 1. The molecule has 0 aliphatic heterocycles. The number of rotatable bonds is 4. The number of hydrogen-bond acceptors (Lipinski definition) is 2. The first-order chi connectivity index (χ1) is 10.1. The lowest BCUT2D eigenvalue weighted by atomic mass is 9.82. The number of para-hydroxylation sites is 1. The Bertz CT molecular complexity index is 608. The molecule has 0 unspecified atom stereocenters. The predicted molar refractivity (Wildman–Crippen MR) is 79.8 cm³/mol. The Morgan fingerprint density at radius 1 is 1.19 bits per heavy atom. The fourth-order valence-corrected chi connectivity index (χ4v) is 3.68. The first-order valence-corrected chi connectivity index (χ1v) is 7.41. The molecule has 2 aliphatic rings. The Balaban J connectivity index is 1.82. The van der Waals surface area contributed by atoms with E-state index in [1.165, 1.54) is 0 Å². The molecule has 110 valence electrons. The molecule has 0 heterocycles. The summed E-state index contributed by atoms with van der Waals surface area (Å²) in [4.78, 5) is 24.0. The zero-order valence-electron chi connectivity index (χ0n) is 12.0. The molecule has 1 fully saturated rings. The van der Waals surface area contributed by atoms with Gasteiger partial charge >= 0.3 is 5.97 Å². The predicted octanol–water partition coefficient (Wildman–Crippen LogP) is 2.71. The number of carbonyl (C=O) groups is 2. The molecule has 1 aromatic carbocycles. The van der Waals surface area contributed by atoms with Crippen molar-refractivity contribution in [2.75, 3.05) is 5.32 Å². The second-order valence-corrected chi connectivity index (χ2v) is 5.84. The number of benzene rings is 1. The van der Waals surface area contributed by atoms with E-state index in [1.807, 2.05) is 43.3 Å². The molecule has 1 aromatic rings. The largest absolute Gasteiger partial charge is 0.481 e. The zero-order chi connectivity index (χ0) is 15.0. The van der Waals surface area contributed by atoms with Gasteiger partial charge in [0.1, 0.15) is 0 Å². The minimum absolute atomic E-state index is 0.00432. The van der Waals surface area contributed by atoms with Crippen LogP contribution in [0.25, 0.3) is 0 Å². The maximum Gasteiger partial charge on any atom is 0.307 e. The van der Waals surface area contributed by atoms with Gasteiger partial charge in [-0.05, 0) is 36.3 Å². The van der Waals surface area contributed by atoms with Crippen LogP contribution in [0.5, 0.6) is 0 Å². The van der Waals surface area contributed by atoms with E-state index in [1.54, 1.807) is 0 Å². The van der Waals surface area contributed by atoms with Crippen molar-refractivity contribution in [3.8, 4) is 0 Å². The molecule has 1 saturated carbocycles. The molecule has 3 rings (SSSR count). The molecule has 1 amide bonds. The van der Waals surface area contributed by atoms with E-state index >= 15 is 0 Å². The Morgan fingerprint density at radius 3 is 2.52 bits per heavy atom. The molecule has 4 atom stereocenters. The third-order valence-corrected chi connectivity index (χ3v) is 4.70. The summed E-state index contributed by atoms with van der Waals surface area (Å²) in [7, 11) is 0. The van der Waals surface area contributed by atoms with Crippen LogP contribution in [0, 0.1) is 23.7 Å². The smallest absolute Gasteiger partial charge is 0.307 e. The van der Waals surface area contributed by atoms with E-state index in [-0.39, 0.29) is 17.7 Å². The molecule has 0 radical (unpaired) electrons.